The van der Waals surface area contributed by atoms with Crippen LogP contribution in [0.25, 0.3) is 27.8 Å². The lowest BCUT2D eigenvalue weighted by molar-refractivity contribution is 0.0577. The number of aromatic nitrogens is 5. The Morgan fingerprint density at radius 2 is 1.87 bits per heavy atom. The van der Waals surface area contributed by atoms with Crippen LogP contribution in [0.4, 0.5) is 5.82 Å². The van der Waals surface area contributed by atoms with Crippen molar-refractivity contribution in [1.82, 2.24) is 24.4 Å². The average Bonchev–Trinajstić information content (AvgIpc) is 3.53. The molecule has 4 aromatic rings. The van der Waals surface area contributed by atoms with Gasteiger partial charge in [0, 0.05) is 65.4 Å². The largest absolute Gasteiger partial charge is 0.389 e. The average molecular weight is 547 g/mol. The molecule has 0 saturated carbocycles. The molecule has 1 aliphatic heterocycles. The van der Waals surface area contributed by atoms with E-state index in [1.807, 2.05) is 36.8 Å². The third-order valence-corrected chi connectivity index (χ3v) is 8.93. The molecular formula is C28H34N8O2S. The molecule has 204 valence electrons. The lowest BCUT2D eigenvalue weighted by Crippen LogP contribution is -2.40. The molecule has 10 nitrogen and oxygen atoms in total. The smallest absolute Gasteiger partial charge is 0.128 e. The van der Waals surface area contributed by atoms with Crippen LogP contribution in [-0.4, -0.2) is 70.4 Å². The zero-order valence-corrected chi connectivity index (χ0v) is 23.6. The summed E-state index contributed by atoms with van der Waals surface area (Å²) in [6, 6.07) is 8.24. The summed E-state index contributed by atoms with van der Waals surface area (Å²) < 4.78 is 21.0. The maximum atomic E-state index is 13.0. The van der Waals surface area contributed by atoms with Gasteiger partial charge in [0.1, 0.15) is 11.9 Å². The van der Waals surface area contributed by atoms with Crippen molar-refractivity contribution in [2.45, 2.75) is 39.8 Å². The highest BCUT2D eigenvalue weighted by molar-refractivity contribution is 7.93. The van der Waals surface area contributed by atoms with Gasteiger partial charge in [0.15, 0.2) is 0 Å². The van der Waals surface area contributed by atoms with E-state index in [9.17, 15) is 14.6 Å². The van der Waals surface area contributed by atoms with Gasteiger partial charge in [-0.2, -0.15) is 15.5 Å². The second-order valence-corrected chi connectivity index (χ2v) is 13.7. The molecule has 0 radical (unpaired) electrons. The molecule has 5 rings (SSSR count). The molecule has 39 heavy (non-hydrogen) atoms. The predicted octanol–water partition coefficient (Wildman–Crippen LogP) is 3.85. The topological polar surface area (TPSA) is 125 Å². The van der Waals surface area contributed by atoms with Crippen molar-refractivity contribution in [3.8, 4) is 28.3 Å². The van der Waals surface area contributed by atoms with Crippen LogP contribution in [0.5, 0.6) is 0 Å². The Morgan fingerprint density at radius 1 is 1.10 bits per heavy atom. The fourth-order valence-electron chi connectivity index (χ4n) is 4.67. The van der Waals surface area contributed by atoms with Gasteiger partial charge in [0.2, 0.25) is 0 Å². The van der Waals surface area contributed by atoms with Gasteiger partial charge in [0.25, 0.3) is 0 Å². The molecule has 0 unspecified atom stereocenters. The highest BCUT2D eigenvalue weighted by atomic mass is 32.2. The van der Waals surface area contributed by atoms with Gasteiger partial charge in [-0.1, -0.05) is 13.8 Å². The normalized spacial score (nSPS) is 15.6. The Kier molecular flexibility index (Phi) is 7.18. The Hall–Kier alpha value is -3.75. The first-order chi connectivity index (χ1) is 18.5. The third kappa shape index (κ3) is 5.97. The van der Waals surface area contributed by atoms with Crippen molar-refractivity contribution >= 4 is 21.1 Å². The Morgan fingerprint density at radius 3 is 2.51 bits per heavy atom. The second kappa shape index (κ2) is 10.4. The lowest BCUT2D eigenvalue weighted by Gasteiger charge is -2.30. The maximum Gasteiger partial charge on any atom is 0.128 e. The summed E-state index contributed by atoms with van der Waals surface area (Å²) in [7, 11) is -2.15. The minimum Gasteiger partial charge on any atom is -0.389 e. The number of rotatable bonds is 7. The molecule has 1 saturated heterocycles. The standard InChI is InChI=1S/C28H34N8O2S/c1-20(2)13-33-39(38)9-7-34(8-10-39)26-6-5-21(14-30-26)25-11-22(18-36-27(25)23(12-29)15-32-36)24-16-31-35(17-24)19-28(3,4)37/h5-6,11,14-18,20,37H,7-10,13,19H2,1-4H3. The molecule has 0 aromatic carbocycles. The van der Waals surface area contributed by atoms with Crippen molar-refractivity contribution in [2.75, 3.05) is 36.0 Å². The number of fused-ring (bicyclic) bond motifs is 1. The van der Waals surface area contributed by atoms with E-state index in [1.54, 1.807) is 35.4 Å². The Labute approximate surface area is 229 Å². The number of nitrogens with zero attached hydrogens (tertiary/aromatic N) is 8. The van der Waals surface area contributed by atoms with Crippen LogP contribution in [0.2, 0.25) is 0 Å². The molecule has 0 bridgehead atoms. The summed E-state index contributed by atoms with van der Waals surface area (Å²) >= 11 is 0. The van der Waals surface area contributed by atoms with Crippen molar-refractivity contribution in [3.05, 3.63) is 54.7 Å². The molecule has 0 amide bonds. The number of pyridine rings is 2. The van der Waals surface area contributed by atoms with Crippen molar-refractivity contribution in [2.24, 2.45) is 10.3 Å². The number of nitriles is 1. The number of hydrogen-bond donors (Lipinski definition) is 1. The van der Waals surface area contributed by atoms with E-state index in [-0.39, 0.29) is 0 Å². The van der Waals surface area contributed by atoms with E-state index >= 15 is 0 Å². The van der Waals surface area contributed by atoms with Crippen molar-refractivity contribution in [1.29, 1.82) is 5.26 Å². The van der Waals surface area contributed by atoms with Crippen LogP contribution in [0.1, 0.15) is 33.3 Å². The van der Waals surface area contributed by atoms with E-state index in [4.69, 9.17) is 4.98 Å². The summed E-state index contributed by atoms with van der Waals surface area (Å²) in [5.74, 6) is 2.34. The van der Waals surface area contributed by atoms with Gasteiger partial charge in [-0.05, 0) is 38.0 Å². The van der Waals surface area contributed by atoms with Gasteiger partial charge in [-0.15, -0.1) is 0 Å². The maximum absolute atomic E-state index is 13.0. The molecule has 4 aromatic heterocycles. The minimum atomic E-state index is -2.15. The quantitative estimate of drug-likeness (QED) is 0.373. The fraction of sp³-hybridized carbons (Fsp3) is 0.429. The number of anilines is 1. The Balaban J connectivity index is 1.44. The molecule has 0 spiro atoms. The van der Waals surface area contributed by atoms with Crippen LogP contribution < -0.4 is 4.90 Å². The first-order valence-electron chi connectivity index (χ1n) is 13.1. The molecule has 11 heteroatoms. The van der Waals surface area contributed by atoms with E-state index < -0.39 is 15.3 Å². The van der Waals surface area contributed by atoms with Gasteiger partial charge in [0.05, 0.1) is 51.9 Å². The minimum absolute atomic E-state index is 0.366. The first kappa shape index (κ1) is 26.8. The van der Waals surface area contributed by atoms with Crippen LogP contribution >= 0.6 is 0 Å². The summed E-state index contributed by atoms with van der Waals surface area (Å²) in [5.41, 5.74) is 3.76. The summed E-state index contributed by atoms with van der Waals surface area (Å²) in [4.78, 5) is 6.89. The Bertz CT molecular complexity index is 1630. The van der Waals surface area contributed by atoms with Crippen LogP contribution in [0.15, 0.2) is 53.5 Å². The van der Waals surface area contributed by atoms with Crippen LogP contribution in [0, 0.1) is 17.2 Å². The molecule has 0 atom stereocenters. The van der Waals surface area contributed by atoms with Crippen molar-refractivity contribution < 1.29 is 9.32 Å². The van der Waals surface area contributed by atoms with E-state index in [0.29, 0.717) is 54.7 Å². The fourth-order valence-corrected chi connectivity index (χ4v) is 6.72. The van der Waals surface area contributed by atoms with Gasteiger partial charge >= 0.3 is 0 Å². The lowest BCUT2D eigenvalue weighted by atomic mass is 10.0. The molecule has 0 aliphatic carbocycles. The highest BCUT2D eigenvalue weighted by Crippen LogP contribution is 2.32. The zero-order chi connectivity index (χ0) is 27.8. The van der Waals surface area contributed by atoms with E-state index in [0.717, 1.165) is 28.1 Å². The molecular weight excluding hydrogens is 512 g/mol. The molecule has 1 fully saturated rings. The summed E-state index contributed by atoms with van der Waals surface area (Å²) in [6.45, 7) is 9.98. The van der Waals surface area contributed by atoms with E-state index in [2.05, 4.69) is 39.4 Å². The van der Waals surface area contributed by atoms with Gasteiger partial charge in [-0.25, -0.2) is 18.1 Å². The van der Waals surface area contributed by atoms with Gasteiger partial charge < -0.3 is 10.0 Å². The predicted molar refractivity (Wildman–Crippen MR) is 153 cm³/mol. The van der Waals surface area contributed by atoms with E-state index in [1.165, 1.54) is 0 Å². The second-order valence-electron chi connectivity index (χ2n) is 11.1. The molecule has 1 N–H and O–H groups in total. The zero-order valence-electron chi connectivity index (χ0n) is 22.8. The number of aliphatic hydroxyl groups is 1. The third-order valence-electron chi connectivity index (χ3n) is 6.67. The molecule has 5 heterocycles. The monoisotopic (exact) mass is 546 g/mol. The first-order valence-corrected chi connectivity index (χ1v) is 15.0. The van der Waals surface area contributed by atoms with Gasteiger partial charge in [-0.3, -0.25) is 4.68 Å². The molecule has 1 aliphatic rings. The van der Waals surface area contributed by atoms with Crippen LogP contribution in [0.3, 0.4) is 0 Å². The van der Waals surface area contributed by atoms with Crippen molar-refractivity contribution in [3.63, 3.8) is 0 Å². The summed E-state index contributed by atoms with van der Waals surface area (Å²) in [6.07, 6.45) is 8.91. The van der Waals surface area contributed by atoms with Crippen LogP contribution in [-0.2, 0) is 16.3 Å². The number of hydrogen-bond acceptors (Lipinski definition) is 8. The summed E-state index contributed by atoms with van der Waals surface area (Å²) in [5, 5.41) is 28.7. The SMILES string of the molecule is CC(C)CN=S1(=O)CCN(c2ccc(-c3cc(-c4cnn(CC(C)(C)O)c4)cn4ncc(C#N)c34)cn2)CC1. The highest BCUT2D eigenvalue weighted by Gasteiger charge is 2.22.